The minimum atomic E-state index is -4.38. The fraction of sp³-hybridized carbons (Fsp3) is 0.269. The second kappa shape index (κ2) is 10.9. The Kier molecular flexibility index (Phi) is 7.75. The maximum atomic E-state index is 13.1. The summed E-state index contributed by atoms with van der Waals surface area (Å²) < 4.78 is 41.2. The molecule has 0 aliphatic heterocycles. The molecule has 2 heterocycles. The van der Waals surface area contributed by atoms with Crippen molar-refractivity contribution in [1.29, 1.82) is 0 Å². The van der Waals surface area contributed by atoms with Crippen molar-refractivity contribution in [3.63, 3.8) is 0 Å². The van der Waals surface area contributed by atoms with Gasteiger partial charge in [-0.05, 0) is 41.8 Å². The maximum Gasteiger partial charge on any atom is 0.416 e. The Balaban J connectivity index is 1.53. The molecule has 4 rings (SSSR count). The van der Waals surface area contributed by atoms with E-state index in [0.29, 0.717) is 35.1 Å². The summed E-state index contributed by atoms with van der Waals surface area (Å²) in [5.41, 5.74) is 3.08. The van der Waals surface area contributed by atoms with Crippen LogP contribution >= 0.6 is 11.8 Å². The highest BCUT2D eigenvalue weighted by atomic mass is 32.2. The first-order valence-electron chi connectivity index (χ1n) is 11.3. The number of thioether (sulfide) groups is 1. The van der Waals surface area contributed by atoms with Crippen LogP contribution in [0.15, 0.2) is 72.1 Å². The molecule has 0 aliphatic carbocycles. The molecule has 0 saturated heterocycles. The second-order valence-electron chi connectivity index (χ2n) is 8.14. The molecule has 0 spiro atoms. The first-order chi connectivity index (χ1) is 16.8. The lowest BCUT2D eigenvalue weighted by atomic mass is 10.1. The number of pyridine rings is 1. The van der Waals surface area contributed by atoms with Gasteiger partial charge >= 0.3 is 6.18 Å². The van der Waals surface area contributed by atoms with Crippen LogP contribution in [0.2, 0.25) is 0 Å². The molecule has 35 heavy (non-hydrogen) atoms. The van der Waals surface area contributed by atoms with Crippen molar-refractivity contribution in [1.82, 2.24) is 19.9 Å². The number of carbonyl (C=O) groups excluding carboxylic acids is 1. The number of hydrogen-bond acceptors (Lipinski definition) is 4. The number of benzene rings is 2. The number of imidazole rings is 1. The first kappa shape index (κ1) is 24.8. The van der Waals surface area contributed by atoms with Crippen LogP contribution in [0.5, 0.6) is 0 Å². The average Bonchev–Trinajstić information content (AvgIpc) is 3.20. The minimum Gasteiger partial charge on any atom is -0.352 e. The molecule has 0 atom stereocenters. The third kappa shape index (κ3) is 6.22. The Morgan fingerprint density at radius 3 is 2.63 bits per heavy atom. The Labute approximate surface area is 205 Å². The number of unbranched alkanes of at least 4 members (excludes halogenated alkanes) is 1. The van der Waals surface area contributed by atoms with E-state index in [2.05, 4.69) is 22.2 Å². The van der Waals surface area contributed by atoms with E-state index in [4.69, 9.17) is 0 Å². The zero-order chi connectivity index (χ0) is 24.8. The van der Waals surface area contributed by atoms with Crippen molar-refractivity contribution >= 4 is 28.7 Å². The van der Waals surface area contributed by atoms with Crippen molar-refractivity contribution < 1.29 is 18.0 Å². The predicted octanol–water partition coefficient (Wildman–Crippen LogP) is 6.32. The normalized spacial score (nSPS) is 11.7. The molecule has 1 N–H and O–H groups in total. The van der Waals surface area contributed by atoms with Crippen molar-refractivity contribution in [2.45, 2.75) is 43.4 Å². The second-order valence-corrected chi connectivity index (χ2v) is 9.08. The molecule has 0 fully saturated rings. The van der Waals surface area contributed by atoms with E-state index in [1.54, 1.807) is 30.6 Å². The van der Waals surface area contributed by atoms with Crippen LogP contribution in [0.1, 0.15) is 46.8 Å². The van der Waals surface area contributed by atoms with E-state index in [0.717, 1.165) is 35.5 Å². The van der Waals surface area contributed by atoms with Gasteiger partial charge in [-0.1, -0.05) is 55.4 Å². The SMILES string of the molecule is CCCCNC(=O)c1ccc(Cn2c(SCc3cccc(C(F)(F)F)c3)nc3ccncc32)cc1. The molecule has 0 bridgehead atoms. The highest BCUT2D eigenvalue weighted by Gasteiger charge is 2.30. The molecule has 9 heteroatoms. The van der Waals surface area contributed by atoms with Crippen LogP contribution < -0.4 is 5.32 Å². The number of fused-ring (bicyclic) bond motifs is 1. The quantitative estimate of drug-likeness (QED) is 0.217. The molecule has 2 aromatic heterocycles. The number of carbonyl (C=O) groups is 1. The van der Waals surface area contributed by atoms with Crippen molar-refractivity contribution in [2.75, 3.05) is 6.54 Å². The molecule has 1 amide bonds. The van der Waals surface area contributed by atoms with Gasteiger partial charge in [-0.3, -0.25) is 9.78 Å². The number of halogens is 3. The lowest BCUT2D eigenvalue weighted by Crippen LogP contribution is -2.24. The summed E-state index contributed by atoms with van der Waals surface area (Å²) in [4.78, 5) is 21.2. The first-order valence-corrected chi connectivity index (χ1v) is 12.3. The van der Waals surface area contributed by atoms with E-state index in [-0.39, 0.29) is 5.91 Å². The number of aromatic nitrogens is 3. The number of alkyl halides is 3. The van der Waals surface area contributed by atoms with Gasteiger partial charge in [0.25, 0.3) is 5.91 Å². The van der Waals surface area contributed by atoms with E-state index >= 15 is 0 Å². The Bertz CT molecular complexity index is 1300. The predicted molar refractivity (Wildman–Crippen MR) is 131 cm³/mol. The highest BCUT2D eigenvalue weighted by molar-refractivity contribution is 7.98. The van der Waals surface area contributed by atoms with Crippen LogP contribution in [-0.4, -0.2) is 27.0 Å². The monoisotopic (exact) mass is 498 g/mol. The van der Waals surface area contributed by atoms with Gasteiger partial charge in [0.05, 0.1) is 29.3 Å². The van der Waals surface area contributed by atoms with Crippen molar-refractivity contribution in [3.05, 3.63) is 89.2 Å². The lowest BCUT2D eigenvalue weighted by molar-refractivity contribution is -0.137. The zero-order valence-corrected chi connectivity index (χ0v) is 20.0. The molecule has 0 radical (unpaired) electrons. The molecule has 2 aromatic carbocycles. The lowest BCUT2D eigenvalue weighted by Gasteiger charge is -2.11. The summed E-state index contributed by atoms with van der Waals surface area (Å²) >= 11 is 1.38. The third-order valence-corrected chi connectivity index (χ3v) is 6.56. The standard InChI is InChI=1S/C26H25F3N4OS/c1-2-3-12-31-24(34)20-9-7-18(8-10-20)16-33-23-15-30-13-11-22(23)32-25(33)35-17-19-5-4-6-21(14-19)26(27,28)29/h4-11,13-15H,2-3,12,16-17H2,1H3,(H,31,34). The topological polar surface area (TPSA) is 59.8 Å². The van der Waals surface area contributed by atoms with Crippen molar-refractivity contribution in [3.8, 4) is 0 Å². The summed E-state index contributed by atoms with van der Waals surface area (Å²) in [5.74, 6) is 0.247. The largest absolute Gasteiger partial charge is 0.416 e. The summed E-state index contributed by atoms with van der Waals surface area (Å²) in [6, 6.07) is 14.6. The van der Waals surface area contributed by atoms with Gasteiger partial charge in [0.15, 0.2) is 5.16 Å². The smallest absolute Gasteiger partial charge is 0.352 e. The molecule has 182 valence electrons. The third-order valence-electron chi connectivity index (χ3n) is 5.51. The van der Waals surface area contributed by atoms with Gasteiger partial charge < -0.3 is 9.88 Å². The summed E-state index contributed by atoms with van der Waals surface area (Å²) in [6.45, 7) is 3.21. The van der Waals surface area contributed by atoms with Gasteiger partial charge in [0.1, 0.15) is 0 Å². The fourth-order valence-corrected chi connectivity index (χ4v) is 4.58. The fourth-order valence-electron chi connectivity index (χ4n) is 3.62. The summed E-state index contributed by atoms with van der Waals surface area (Å²) in [7, 11) is 0. The average molecular weight is 499 g/mol. The van der Waals surface area contributed by atoms with Crippen LogP contribution in [0.25, 0.3) is 11.0 Å². The van der Waals surface area contributed by atoms with Gasteiger partial charge in [-0.15, -0.1) is 0 Å². The van der Waals surface area contributed by atoms with Gasteiger partial charge in [-0.25, -0.2) is 4.98 Å². The maximum absolute atomic E-state index is 13.1. The zero-order valence-electron chi connectivity index (χ0n) is 19.2. The summed E-state index contributed by atoms with van der Waals surface area (Å²) in [6.07, 6.45) is 0.963. The highest BCUT2D eigenvalue weighted by Crippen LogP contribution is 2.32. The number of rotatable bonds is 9. The summed E-state index contributed by atoms with van der Waals surface area (Å²) in [5, 5.41) is 3.59. The minimum absolute atomic E-state index is 0.0976. The molecule has 0 unspecified atom stereocenters. The number of hydrogen-bond donors (Lipinski definition) is 1. The number of amides is 1. The van der Waals surface area contributed by atoms with E-state index < -0.39 is 11.7 Å². The van der Waals surface area contributed by atoms with Crippen molar-refractivity contribution in [2.24, 2.45) is 0 Å². The Hall–Kier alpha value is -3.33. The number of nitrogens with one attached hydrogen (secondary N) is 1. The van der Waals surface area contributed by atoms with Gasteiger partial charge in [0.2, 0.25) is 0 Å². The number of nitrogens with zero attached hydrogens (tertiary/aromatic N) is 3. The van der Waals surface area contributed by atoms with Crippen LogP contribution in [0.3, 0.4) is 0 Å². The van der Waals surface area contributed by atoms with E-state index in [9.17, 15) is 18.0 Å². The van der Waals surface area contributed by atoms with Gasteiger partial charge in [-0.2, -0.15) is 13.2 Å². The van der Waals surface area contributed by atoms with E-state index in [1.165, 1.54) is 23.9 Å². The Morgan fingerprint density at radius 2 is 1.89 bits per heavy atom. The Morgan fingerprint density at radius 1 is 1.09 bits per heavy atom. The molecular formula is C26H25F3N4OS. The molecular weight excluding hydrogens is 473 g/mol. The van der Waals surface area contributed by atoms with Crippen LogP contribution in [0.4, 0.5) is 13.2 Å². The molecule has 0 saturated carbocycles. The van der Waals surface area contributed by atoms with Crippen LogP contribution in [0, 0.1) is 0 Å². The molecule has 4 aromatic rings. The van der Waals surface area contributed by atoms with E-state index in [1.807, 2.05) is 22.8 Å². The molecule has 0 aliphatic rings. The van der Waals surface area contributed by atoms with Gasteiger partial charge in [0, 0.05) is 24.1 Å². The molecule has 5 nitrogen and oxygen atoms in total. The van der Waals surface area contributed by atoms with Crippen LogP contribution in [-0.2, 0) is 18.5 Å².